The fourth-order valence-electron chi connectivity index (χ4n) is 8.94. The van der Waals surface area contributed by atoms with E-state index in [1.165, 1.54) is 45.0 Å². The smallest absolute Gasteiger partial charge is 0.137 e. The van der Waals surface area contributed by atoms with Gasteiger partial charge in [0.05, 0.1) is 0 Å². The molecule has 0 amide bonds. The number of fused-ring (bicyclic) bond motifs is 8. The first-order valence-electron chi connectivity index (χ1n) is 17.9. The quantitative estimate of drug-likeness (QED) is 0.183. The Balaban J connectivity index is 0.968. The van der Waals surface area contributed by atoms with Crippen molar-refractivity contribution in [2.45, 2.75) is 12.8 Å². The predicted octanol–water partition coefficient (Wildman–Crippen LogP) is 13.1. The molecule has 4 aliphatic rings. The molecule has 244 valence electrons. The summed E-state index contributed by atoms with van der Waals surface area (Å²) in [5, 5.41) is 2.19. The van der Waals surface area contributed by atoms with Crippen molar-refractivity contribution in [3.63, 3.8) is 0 Å². The lowest BCUT2D eigenvalue weighted by molar-refractivity contribution is 0.475. The Bertz CT molecular complexity index is 2550. The second kappa shape index (κ2) is 10.4. The van der Waals surface area contributed by atoms with Crippen LogP contribution in [0, 0.1) is 0 Å². The van der Waals surface area contributed by atoms with E-state index in [1.807, 2.05) is 0 Å². The van der Waals surface area contributed by atoms with E-state index >= 15 is 0 Å². The molecule has 0 fully saturated rings. The number of para-hydroxylation sites is 4. The van der Waals surface area contributed by atoms with Crippen molar-refractivity contribution < 1.29 is 9.47 Å². The minimum Gasteiger partial charge on any atom is -0.456 e. The molecule has 0 atom stereocenters. The highest BCUT2D eigenvalue weighted by atomic mass is 16.5. The third kappa shape index (κ3) is 3.86. The van der Waals surface area contributed by atoms with Crippen molar-refractivity contribution >= 4 is 44.9 Å². The first kappa shape index (κ1) is 28.0. The molecule has 8 aromatic rings. The molecule has 4 aliphatic heterocycles. The average Bonchev–Trinajstić information content (AvgIpc) is 3.20. The summed E-state index contributed by atoms with van der Waals surface area (Å²) >= 11 is 0. The van der Waals surface area contributed by atoms with Gasteiger partial charge in [0, 0.05) is 81.0 Å². The van der Waals surface area contributed by atoms with Gasteiger partial charge in [-0.3, -0.25) is 0 Å². The van der Waals surface area contributed by atoms with Crippen LogP contribution in [0.5, 0.6) is 23.0 Å². The van der Waals surface area contributed by atoms with Gasteiger partial charge in [0.1, 0.15) is 23.0 Å². The standard InChI is InChI=1S/C48H30N2O2/c1-5-13-39-29(9-1)25-30-10-2-6-14-40(30)49(39)33-17-19-35-37-21-22-38-36-20-18-34(50-41-15-7-3-11-31(41)26-32-12-4-8-16-42(32)50)28-46(36)52-44-24-23-43(47(37)48(38)44)51-45(35)27-33/h1-24,27-28H,25-26H2. The SMILES string of the molecule is c1ccc2c(c1)Cc1ccccc1N2c1ccc2c(c1)Oc1ccc3c4c(ccc-2c14)-c1ccc(N2c4ccccc4Cc4ccccc42)cc1O3. The van der Waals surface area contributed by atoms with E-state index in [2.05, 4.69) is 168 Å². The summed E-state index contributed by atoms with van der Waals surface area (Å²) in [4.78, 5) is 4.74. The van der Waals surface area contributed by atoms with Gasteiger partial charge in [0.25, 0.3) is 0 Å². The van der Waals surface area contributed by atoms with Crippen molar-refractivity contribution in [3.8, 4) is 45.3 Å². The van der Waals surface area contributed by atoms with Crippen LogP contribution in [-0.4, -0.2) is 0 Å². The van der Waals surface area contributed by atoms with Crippen LogP contribution >= 0.6 is 0 Å². The van der Waals surface area contributed by atoms with E-state index in [4.69, 9.17) is 9.47 Å². The topological polar surface area (TPSA) is 24.9 Å². The Hall–Kier alpha value is -6.78. The van der Waals surface area contributed by atoms with E-state index in [1.54, 1.807) is 0 Å². The fraction of sp³-hybridized carbons (Fsp3) is 0.0417. The Morgan fingerprint density at radius 2 is 0.673 bits per heavy atom. The van der Waals surface area contributed by atoms with Gasteiger partial charge < -0.3 is 19.3 Å². The number of hydrogen-bond acceptors (Lipinski definition) is 4. The molecule has 4 nitrogen and oxygen atoms in total. The van der Waals surface area contributed by atoms with E-state index in [0.717, 1.165) is 80.2 Å². The van der Waals surface area contributed by atoms with Crippen LogP contribution in [0.2, 0.25) is 0 Å². The van der Waals surface area contributed by atoms with Crippen molar-refractivity contribution in [2.75, 3.05) is 9.80 Å². The molecule has 0 saturated heterocycles. The molecule has 0 spiro atoms. The fourth-order valence-corrected chi connectivity index (χ4v) is 8.94. The monoisotopic (exact) mass is 666 g/mol. The Morgan fingerprint density at radius 3 is 1.06 bits per heavy atom. The van der Waals surface area contributed by atoms with Crippen LogP contribution in [0.4, 0.5) is 34.1 Å². The molecular formula is C48H30N2O2. The molecule has 0 aliphatic carbocycles. The number of benzene rings is 8. The summed E-state index contributed by atoms with van der Waals surface area (Å²) in [5.74, 6) is 3.42. The summed E-state index contributed by atoms with van der Waals surface area (Å²) in [6, 6.07) is 56.7. The summed E-state index contributed by atoms with van der Waals surface area (Å²) in [6.07, 6.45) is 1.86. The molecule has 0 N–H and O–H groups in total. The molecule has 52 heavy (non-hydrogen) atoms. The summed E-state index contributed by atoms with van der Waals surface area (Å²) in [5.41, 5.74) is 16.8. The molecule has 4 heteroatoms. The highest BCUT2D eigenvalue weighted by Gasteiger charge is 2.31. The molecule has 0 bridgehead atoms. The Morgan fingerprint density at radius 1 is 0.327 bits per heavy atom. The normalized spacial score (nSPS) is 13.8. The maximum absolute atomic E-state index is 6.80. The zero-order chi connectivity index (χ0) is 33.9. The number of anilines is 6. The lowest BCUT2D eigenvalue weighted by Crippen LogP contribution is -2.18. The van der Waals surface area contributed by atoms with E-state index in [9.17, 15) is 0 Å². The maximum atomic E-state index is 6.80. The lowest BCUT2D eigenvalue weighted by atomic mass is 9.87. The van der Waals surface area contributed by atoms with E-state index in [0.29, 0.717) is 0 Å². The predicted molar refractivity (Wildman–Crippen MR) is 210 cm³/mol. The third-order valence-corrected chi connectivity index (χ3v) is 11.2. The summed E-state index contributed by atoms with van der Waals surface area (Å²) in [6.45, 7) is 0. The van der Waals surface area contributed by atoms with Gasteiger partial charge in [-0.1, -0.05) is 84.9 Å². The Kier molecular flexibility index (Phi) is 5.58. The zero-order valence-electron chi connectivity index (χ0n) is 28.1. The van der Waals surface area contributed by atoms with Gasteiger partial charge in [-0.15, -0.1) is 0 Å². The van der Waals surface area contributed by atoms with Crippen LogP contribution in [0.3, 0.4) is 0 Å². The molecule has 0 aromatic heterocycles. The molecule has 4 heterocycles. The van der Waals surface area contributed by atoms with Crippen molar-refractivity contribution in [2.24, 2.45) is 0 Å². The number of ether oxygens (including phenoxy) is 2. The van der Waals surface area contributed by atoms with Crippen LogP contribution in [-0.2, 0) is 12.8 Å². The first-order valence-corrected chi connectivity index (χ1v) is 17.9. The van der Waals surface area contributed by atoms with Crippen molar-refractivity contribution in [1.29, 1.82) is 0 Å². The van der Waals surface area contributed by atoms with Crippen molar-refractivity contribution in [1.82, 2.24) is 0 Å². The van der Waals surface area contributed by atoms with E-state index < -0.39 is 0 Å². The molecule has 0 saturated carbocycles. The van der Waals surface area contributed by atoms with Gasteiger partial charge in [-0.25, -0.2) is 0 Å². The molecule has 8 aromatic carbocycles. The van der Waals surface area contributed by atoms with Gasteiger partial charge >= 0.3 is 0 Å². The third-order valence-electron chi connectivity index (χ3n) is 11.2. The largest absolute Gasteiger partial charge is 0.456 e. The van der Waals surface area contributed by atoms with Crippen LogP contribution in [0.25, 0.3) is 33.0 Å². The van der Waals surface area contributed by atoms with Crippen LogP contribution < -0.4 is 19.3 Å². The molecule has 0 radical (unpaired) electrons. The average molecular weight is 667 g/mol. The van der Waals surface area contributed by atoms with Crippen LogP contribution in [0.1, 0.15) is 22.3 Å². The Labute approximate surface area is 301 Å². The van der Waals surface area contributed by atoms with Crippen LogP contribution in [0.15, 0.2) is 158 Å². The van der Waals surface area contributed by atoms with E-state index in [-0.39, 0.29) is 0 Å². The van der Waals surface area contributed by atoms with Gasteiger partial charge in [0.2, 0.25) is 0 Å². The molecular weight excluding hydrogens is 637 g/mol. The molecule has 0 unspecified atom stereocenters. The molecule has 12 rings (SSSR count). The highest BCUT2D eigenvalue weighted by Crippen LogP contribution is 2.57. The number of nitrogens with zero attached hydrogens (tertiary/aromatic N) is 2. The summed E-state index contributed by atoms with van der Waals surface area (Å²) < 4.78 is 13.6. The van der Waals surface area contributed by atoms with Crippen molar-refractivity contribution in [3.05, 3.63) is 180 Å². The minimum absolute atomic E-state index is 0.852. The number of rotatable bonds is 2. The first-order chi connectivity index (χ1) is 25.8. The summed E-state index contributed by atoms with van der Waals surface area (Å²) in [7, 11) is 0. The lowest BCUT2D eigenvalue weighted by Gasteiger charge is -2.34. The zero-order valence-corrected chi connectivity index (χ0v) is 28.1. The minimum atomic E-state index is 0.852. The highest BCUT2D eigenvalue weighted by molar-refractivity contribution is 6.14. The number of hydrogen-bond donors (Lipinski definition) is 0. The second-order valence-corrected chi connectivity index (χ2v) is 14.1. The van der Waals surface area contributed by atoms with Gasteiger partial charge in [0.15, 0.2) is 0 Å². The maximum Gasteiger partial charge on any atom is 0.137 e. The second-order valence-electron chi connectivity index (χ2n) is 14.1. The van der Waals surface area contributed by atoms with Gasteiger partial charge in [-0.05, 0) is 94.0 Å². The van der Waals surface area contributed by atoms with Gasteiger partial charge in [-0.2, -0.15) is 0 Å².